The maximum Gasteiger partial charge on any atom is 0.123 e. The van der Waals surface area contributed by atoms with E-state index in [1.807, 2.05) is 18.2 Å². The number of benzene rings is 1. The molecule has 1 aromatic rings. The van der Waals surface area contributed by atoms with Crippen molar-refractivity contribution in [3.63, 3.8) is 0 Å². The van der Waals surface area contributed by atoms with Gasteiger partial charge in [0, 0.05) is 16.1 Å². The molecule has 1 atom stereocenters. The van der Waals surface area contributed by atoms with Crippen LogP contribution in [0.1, 0.15) is 38.3 Å². The smallest absolute Gasteiger partial charge is 0.123 e. The van der Waals surface area contributed by atoms with E-state index in [9.17, 15) is 0 Å². The maximum absolute atomic E-state index is 6.19. The fourth-order valence-corrected chi connectivity index (χ4v) is 2.04. The molecule has 0 aliphatic rings. The van der Waals surface area contributed by atoms with Crippen LogP contribution in [0.2, 0.25) is 0 Å². The lowest BCUT2D eigenvalue weighted by molar-refractivity contribution is 0.401. The van der Waals surface area contributed by atoms with Gasteiger partial charge < -0.3 is 10.5 Å². The summed E-state index contributed by atoms with van der Waals surface area (Å²) in [4.78, 5) is 0. The van der Waals surface area contributed by atoms with E-state index in [1.165, 1.54) is 0 Å². The molecule has 1 rings (SSSR count). The van der Waals surface area contributed by atoms with Crippen LogP contribution in [0.15, 0.2) is 22.7 Å². The number of hydrogen-bond acceptors (Lipinski definition) is 2. The molecule has 0 radical (unpaired) electrons. The van der Waals surface area contributed by atoms with Gasteiger partial charge in [-0.3, -0.25) is 0 Å². The van der Waals surface area contributed by atoms with Crippen LogP contribution in [0.25, 0.3) is 0 Å². The molecular formula is C13H21BrClNO. The van der Waals surface area contributed by atoms with Gasteiger partial charge in [0.15, 0.2) is 0 Å². The summed E-state index contributed by atoms with van der Waals surface area (Å²) in [6.07, 6.45) is 2.13. The van der Waals surface area contributed by atoms with E-state index in [0.29, 0.717) is 5.92 Å². The van der Waals surface area contributed by atoms with Crippen LogP contribution in [0, 0.1) is 5.92 Å². The van der Waals surface area contributed by atoms with Gasteiger partial charge in [0.2, 0.25) is 0 Å². The fourth-order valence-electron chi connectivity index (χ4n) is 1.66. The first-order chi connectivity index (χ1) is 7.54. The second kappa shape index (κ2) is 7.96. The zero-order valence-electron chi connectivity index (χ0n) is 10.6. The van der Waals surface area contributed by atoms with Crippen LogP contribution in [-0.4, -0.2) is 7.11 Å². The highest BCUT2D eigenvalue weighted by molar-refractivity contribution is 9.10. The molecule has 0 heterocycles. The second-order valence-corrected chi connectivity index (χ2v) is 5.38. The van der Waals surface area contributed by atoms with Crippen molar-refractivity contribution in [2.45, 2.75) is 32.7 Å². The predicted octanol–water partition coefficient (Wildman–Crippen LogP) is 4.32. The Bertz CT molecular complexity index is 344. The largest absolute Gasteiger partial charge is 0.496 e. The van der Waals surface area contributed by atoms with E-state index in [1.54, 1.807) is 7.11 Å². The van der Waals surface area contributed by atoms with Gasteiger partial charge >= 0.3 is 0 Å². The third-order valence-corrected chi connectivity index (χ3v) is 3.14. The van der Waals surface area contributed by atoms with Crippen LogP contribution in [0.5, 0.6) is 5.75 Å². The Morgan fingerprint density at radius 3 is 2.47 bits per heavy atom. The molecule has 0 aliphatic carbocycles. The van der Waals surface area contributed by atoms with Crippen molar-refractivity contribution in [2.24, 2.45) is 11.7 Å². The lowest BCUT2D eigenvalue weighted by atomic mass is 9.98. The molecule has 2 nitrogen and oxygen atoms in total. The molecule has 0 amide bonds. The summed E-state index contributed by atoms with van der Waals surface area (Å²) in [5, 5.41) is 0. The minimum absolute atomic E-state index is 0. The Morgan fingerprint density at radius 1 is 1.29 bits per heavy atom. The molecule has 0 aliphatic heterocycles. The Morgan fingerprint density at radius 2 is 1.94 bits per heavy atom. The lowest BCUT2D eigenvalue weighted by Crippen LogP contribution is -2.12. The molecule has 0 aromatic heterocycles. The van der Waals surface area contributed by atoms with Gasteiger partial charge in [-0.05, 0) is 37.0 Å². The normalized spacial score (nSPS) is 12.1. The number of nitrogens with two attached hydrogens (primary N) is 1. The third-order valence-electron chi connectivity index (χ3n) is 2.65. The van der Waals surface area contributed by atoms with Gasteiger partial charge in [0.05, 0.1) is 7.11 Å². The summed E-state index contributed by atoms with van der Waals surface area (Å²) < 4.78 is 6.37. The van der Waals surface area contributed by atoms with Crippen LogP contribution >= 0.6 is 28.3 Å². The molecule has 2 N–H and O–H groups in total. The Labute approximate surface area is 118 Å². The highest BCUT2D eigenvalue weighted by Gasteiger charge is 2.12. The maximum atomic E-state index is 6.19. The number of halogens is 2. The number of methoxy groups -OCH3 is 1. The minimum Gasteiger partial charge on any atom is -0.496 e. The summed E-state index contributed by atoms with van der Waals surface area (Å²) in [5.74, 6) is 1.56. The molecule has 17 heavy (non-hydrogen) atoms. The van der Waals surface area contributed by atoms with E-state index in [2.05, 4.69) is 29.8 Å². The molecule has 0 saturated heterocycles. The van der Waals surface area contributed by atoms with Crippen molar-refractivity contribution in [1.29, 1.82) is 0 Å². The van der Waals surface area contributed by atoms with Gasteiger partial charge in [-0.25, -0.2) is 0 Å². The molecule has 98 valence electrons. The van der Waals surface area contributed by atoms with Crippen molar-refractivity contribution >= 4 is 28.3 Å². The number of ether oxygens (including phenoxy) is 1. The number of hydrogen-bond donors (Lipinski definition) is 1. The molecule has 0 bridgehead atoms. The van der Waals surface area contributed by atoms with Crippen molar-refractivity contribution < 1.29 is 4.74 Å². The van der Waals surface area contributed by atoms with Gasteiger partial charge in [-0.1, -0.05) is 29.8 Å². The first-order valence-electron chi connectivity index (χ1n) is 5.63. The van der Waals surface area contributed by atoms with Gasteiger partial charge in [0.25, 0.3) is 0 Å². The van der Waals surface area contributed by atoms with Crippen molar-refractivity contribution in [2.75, 3.05) is 7.11 Å². The Balaban J connectivity index is 0.00000256. The predicted molar refractivity (Wildman–Crippen MR) is 78.9 cm³/mol. The summed E-state index contributed by atoms with van der Waals surface area (Å²) in [6, 6.07) is 6.02. The molecule has 1 aromatic carbocycles. The van der Waals surface area contributed by atoms with E-state index in [-0.39, 0.29) is 18.4 Å². The van der Waals surface area contributed by atoms with Crippen molar-refractivity contribution in [3.8, 4) is 5.75 Å². The third kappa shape index (κ3) is 5.28. The highest BCUT2D eigenvalue weighted by atomic mass is 79.9. The van der Waals surface area contributed by atoms with E-state index in [4.69, 9.17) is 10.5 Å². The van der Waals surface area contributed by atoms with E-state index < -0.39 is 0 Å². The standard InChI is InChI=1S/C13H20BrNO.ClH/c1-9(2)4-6-12(15)11-8-10(14)5-7-13(11)16-3;/h5,7-9,12H,4,6,15H2,1-3H3;1H/t12-;/m0./s1. The summed E-state index contributed by atoms with van der Waals surface area (Å²) in [5.41, 5.74) is 7.27. The van der Waals surface area contributed by atoms with Crippen LogP contribution in [0.4, 0.5) is 0 Å². The fraction of sp³-hybridized carbons (Fsp3) is 0.538. The Hall–Kier alpha value is -0.250. The summed E-state index contributed by atoms with van der Waals surface area (Å²) in [7, 11) is 1.68. The highest BCUT2D eigenvalue weighted by Crippen LogP contribution is 2.30. The lowest BCUT2D eigenvalue weighted by Gasteiger charge is -2.17. The SMILES string of the molecule is COc1ccc(Br)cc1[C@@H](N)CCC(C)C.Cl. The van der Waals surface area contributed by atoms with E-state index >= 15 is 0 Å². The molecule has 4 heteroatoms. The molecule has 0 unspecified atom stereocenters. The average Bonchev–Trinajstić information content (AvgIpc) is 2.25. The topological polar surface area (TPSA) is 35.2 Å². The number of rotatable bonds is 5. The first-order valence-corrected chi connectivity index (χ1v) is 6.43. The summed E-state index contributed by atoms with van der Waals surface area (Å²) >= 11 is 3.46. The first kappa shape index (κ1) is 16.8. The summed E-state index contributed by atoms with van der Waals surface area (Å²) in [6.45, 7) is 4.43. The van der Waals surface area contributed by atoms with Crippen LogP contribution < -0.4 is 10.5 Å². The average molecular weight is 323 g/mol. The van der Waals surface area contributed by atoms with Crippen LogP contribution in [0.3, 0.4) is 0 Å². The quantitative estimate of drug-likeness (QED) is 0.876. The van der Waals surface area contributed by atoms with Gasteiger partial charge in [0.1, 0.15) is 5.75 Å². The molecular weight excluding hydrogens is 302 g/mol. The Kier molecular flexibility index (Phi) is 7.84. The molecule has 0 fully saturated rings. The van der Waals surface area contributed by atoms with Crippen molar-refractivity contribution in [1.82, 2.24) is 0 Å². The zero-order chi connectivity index (χ0) is 12.1. The second-order valence-electron chi connectivity index (χ2n) is 4.46. The van der Waals surface area contributed by atoms with Crippen LogP contribution in [-0.2, 0) is 0 Å². The van der Waals surface area contributed by atoms with Crippen molar-refractivity contribution in [3.05, 3.63) is 28.2 Å². The minimum atomic E-state index is 0. The molecule has 0 spiro atoms. The zero-order valence-corrected chi connectivity index (χ0v) is 13.0. The van der Waals surface area contributed by atoms with Gasteiger partial charge in [-0.15, -0.1) is 12.4 Å². The monoisotopic (exact) mass is 321 g/mol. The van der Waals surface area contributed by atoms with Gasteiger partial charge in [-0.2, -0.15) is 0 Å². The van der Waals surface area contributed by atoms with E-state index in [0.717, 1.165) is 28.6 Å². The molecule has 0 saturated carbocycles.